The van der Waals surface area contributed by atoms with Crippen molar-refractivity contribution in [2.45, 2.75) is 62.6 Å². The summed E-state index contributed by atoms with van der Waals surface area (Å²) in [7, 11) is 0. The molecule has 0 heterocycles. The Morgan fingerprint density at radius 2 is 1.70 bits per heavy atom. The minimum Gasteiger partial charge on any atom is -0.211 e. The van der Waals surface area contributed by atoms with E-state index in [9.17, 15) is 19.2 Å². The van der Waals surface area contributed by atoms with E-state index in [1.807, 2.05) is 0 Å². The second kappa shape index (κ2) is 10.3. The second-order valence-electron chi connectivity index (χ2n) is 5.55. The number of hydrogen-bond donors (Lipinski definition) is 0. The third-order valence-electron chi connectivity index (χ3n) is 4.22. The number of rotatable bonds is 9. The van der Waals surface area contributed by atoms with E-state index in [2.05, 4.69) is 20.0 Å². The van der Waals surface area contributed by atoms with E-state index in [1.165, 1.54) is 12.2 Å². The smallest absolute Gasteiger partial charge is 0.211 e. The standard InChI is InChI=1S/C15H18N4O4/c20-9-16-8-4-14(18-11-22)3-7-15(19-12-23)5-1-13(2-6-15)17-10-21/h13-14H,1-8H2. The maximum atomic E-state index is 10.7. The zero-order valence-electron chi connectivity index (χ0n) is 12.7. The van der Waals surface area contributed by atoms with Crippen molar-refractivity contribution in [1.29, 1.82) is 0 Å². The van der Waals surface area contributed by atoms with Crippen LogP contribution >= 0.6 is 0 Å². The van der Waals surface area contributed by atoms with Gasteiger partial charge in [-0.25, -0.2) is 34.2 Å². The fourth-order valence-corrected chi connectivity index (χ4v) is 2.90. The Bertz CT molecular complexity index is 572. The minimum atomic E-state index is -0.554. The van der Waals surface area contributed by atoms with Crippen LogP contribution < -0.4 is 0 Å². The van der Waals surface area contributed by atoms with Crippen LogP contribution in [0.1, 0.15) is 44.9 Å². The van der Waals surface area contributed by atoms with Crippen LogP contribution in [-0.2, 0) is 19.2 Å². The third kappa shape index (κ3) is 6.43. The summed E-state index contributed by atoms with van der Waals surface area (Å²) in [5, 5.41) is 0. The van der Waals surface area contributed by atoms with Crippen molar-refractivity contribution in [3.8, 4) is 0 Å². The van der Waals surface area contributed by atoms with Crippen molar-refractivity contribution < 1.29 is 19.2 Å². The lowest BCUT2D eigenvalue weighted by molar-refractivity contribution is 0.249. The molecular formula is C15H18N4O4. The quantitative estimate of drug-likeness (QED) is 0.473. The van der Waals surface area contributed by atoms with Gasteiger partial charge in [-0.3, -0.25) is 0 Å². The topological polar surface area (TPSA) is 118 Å². The van der Waals surface area contributed by atoms with Gasteiger partial charge in [0.25, 0.3) is 0 Å². The van der Waals surface area contributed by atoms with Crippen LogP contribution in [0.5, 0.6) is 0 Å². The Balaban J connectivity index is 2.67. The Kier molecular flexibility index (Phi) is 8.30. The molecular weight excluding hydrogens is 300 g/mol. The van der Waals surface area contributed by atoms with Crippen LogP contribution in [0.25, 0.3) is 0 Å². The normalized spacial score (nSPS) is 24.1. The largest absolute Gasteiger partial charge is 0.235 e. The Hall–Kier alpha value is -2.48. The van der Waals surface area contributed by atoms with E-state index in [-0.39, 0.29) is 18.6 Å². The highest BCUT2D eigenvalue weighted by Crippen LogP contribution is 2.37. The number of nitrogens with zero attached hydrogens (tertiary/aromatic N) is 4. The van der Waals surface area contributed by atoms with Crippen LogP contribution in [0.2, 0.25) is 0 Å². The molecule has 1 atom stereocenters. The van der Waals surface area contributed by atoms with Gasteiger partial charge in [0.15, 0.2) is 0 Å². The minimum absolute atomic E-state index is 0.0757. The van der Waals surface area contributed by atoms with Gasteiger partial charge >= 0.3 is 0 Å². The summed E-state index contributed by atoms with van der Waals surface area (Å²) in [6, 6.07) is -0.401. The zero-order chi connectivity index (χ0) is 17.0. The number of isocyanates is 4. The average molecular weight is 318 g/mol. The highest BCUT2D eigenvalue weighted by atomic mass is 16.1. The fourth-order valence-electron chi connectivity index (χ4n) is 2.90. The van der Waals surface area contributed by atoms with Crippen LogP contribution in [0.3, 0.4) is 0 Å². The molecule has 8 heteroatoms. The molecule has 1 aliphatic carbocycles. The van der Waals surface area contributed by atoms with Gasteiger partial charge < -0.3 is 0 Å². The van der Waals surface area contributed by atoms with Crippen LogP contribution in [0, 0.1) is 0 Å². The predicted molar refractivity (Wildman–Crippen MR) is 80.0 cm³/mol. The molecule has 0 aromatic carbocycles. The first kappa shape index (κ1) is 18.6. The molecule has 122 valence electrons. The molecule has 0 aromatic rings. The first-order chi connectivity index (χ1) is 11.2. The first-order valence-corrected chi connectivity index (χ1v) is 7.46. The zero-order valence-corrected chi connectivity index (χ0v) is 12.7. The van der Waals surface area contributed by atoms with Gasteiger partial charge in [0.2, 0.25) is 24.3 Å². The van der Waals surface area contributed by atoms with Crippen molar-refractivity contribution in [2.24, 2.45) is 20.0 Å². The van der Waals surface area contributed by atoms with E-state index >= 15 is 0 Å². The average Bonchev–Trinajstić information content (AvgIpc) is 2.56. The monoisotopic (exact) mass is 318 g/mol. The highest BCUT2D eigenvalue weighted by molar-refractivity contribution is 5.36. The number of carbonyl (C=O) groups excluding carboxylic acids is 4. The summed E-state index contributed by atoms with van der Waals surface area (Å²) in [5.41, 5.74) is -0.554. The van der Waals surface area contributed by atoms with E-state index in [0.717, 1.165) is 0 Å². The van der Waals surface area contributed by atoms with Crippen molar-refractivity contribution in [3.63, 3.8) is 0 Å². The van der Waals surface area contributed by atoms with Crippen LogP contribution in [-0.4, -0.2) is 48.5 Å². The van der Waals surface area contributed by atoms with E-state index < -0.39 is 5.54 Å². The van der Waals surface area contributed by atoms with Gasteiger partial charge in [-0.05, 0) is 44.9 Å². The molecule has 0 amide bonds. The molecule has 0 bridgehead atoms. The van der Waals surface area contributed by atoms with Gasteiger partial charge in [0.1, 0.15) is 0 Å². The van der Waals surface area contributed by atoms with E-state index in [1.54, 1.807) is 12.2 Å². The predicted octanol–water partition coefficient (Wildman–Crippen LogP) is 1.55. The molecule has 0 aliphatic heterocycles. The summed E-state index contributed by atoms with van der Waals surface area (Å²) < 4.78 is 0. The molecule has 0 aromatic heterocycles. The van der Waals surface area contributed by atoms with Gasteiger partial charge in [-0.2, -0.15) is 4.99 Å². The molecule has 1 aliphatic rings. The lowest BCUT2D eigenvalue weighted by atomic mass is 9.76. The van der Waals surface area contributed by atoms with Crippen molar-refractivity contribution >= 4 is 24.3 Å². The third-order valence-corrected chi connectivity index (χ3v) is 4.22. The van der Waals surface area contributed by atoms with Crippen molar-refractivity contribution in [3.05, 3.63) is 0 Å². The Morgan fingerprint density at radius 1 is 0.957 bits per heavy atom. The first-order valence-electron chi connectivity index (χ1n) is 7.46. The SMILES string of the molecule is O=C=NCCC(CCC1(N=C=O)CCC(N=C=O)CC1)N=C=O. The maximum absolute atomic E-state index is 10.7. The summed E-state index contributed by atoms with van der Waals surface area (Å²) in [6.07, 6.45) is 10.2. The van der Waals surface area contributed by atoms with E-state index in [4.69, 9.17) is 0 Å². The molecule has 8 nitrogen and oxygen atoms in total. The van der Waals surface area contributed by atoms with Crippen LogP contribution in [0.4, 0.5) is 0 Å². The molecule has 1 rings (SSSR count). The molecule has 23 heavy (non-hydrogen) atoms. The molecule has 1 unspecified atom stereocenters. The summed E-state index contributed by atoms with van der Waals surface area (Å²) >= 11 is 0. The van der Waals surface area contributed by atoms with Crippen molar-refractivity contribution in [1.82, 2.24) is 0 Å². The van der Waals surface area contributed by atoms with Gasteiger partial charge in [-0.15, -0.1) is 0 Å². The Morgan fingerprint density at radius 3 is 2.26 bits per heavy atom. The molecule has 0 saturated heterocycles. The summed E-state index contributed by atoms with van der Waals surface area (Å²) in [6.45, 7) is 0.236. The van der Waals surface area contributed by atoms with Crippen LogP contribution in [0.15, 0.2) is 20.0 Å². The summed E-state index contributed by atoms with van der Waals surface area (Å²) in [5.74, 6) is 0. The maximum Gasteiger partial charge on any atom is 0.235 e. The molecule has 0 spiro atoms. The molecule has 1 saturated carbocycles. The van der Waals surface area contributed by atoms with Gasteiger partial charge in [-0.1, -0.05) is 0 Å². The second-order valence-corrected chi connectivity index (χ2v) is 5.55. The highest BCUT2D eigenvalue weighted by Gasteiger charge is 2.35. The molecule has 1 fully saturated rings. The van der Waals surface area contributed by atoms with Crippen molar-refractivity contribution in [2.75, 3.05) is 6.54 Å². The van der Waals surface area contributed by atoms with Gasteiger partial charge in [0, 0.05) is 0 Å². The molecule has 0 radical (unpaired) electrons. The molecule has 0 N–H and O–H groups in total. The fraction of sp³-hybridized carbons (Fsp3) is 0.733. The lowest BCUT2D eigenvalue weighted by Crippen LogP contribution is -2.34. The van der Waals surface area contributed by atoms with E-state index in [0.29, 0.717) is 44.9 Å². The Labute approximate surface area is 133 Å². The lowest BCUT2D eigenvalue weighted by Gasteiger charge is -2.34. The number of hydrogen-bond acceptors (Lipinski definition) is 8. The van der Waals surface area contributed by atoms with Gasteiger partial charge in [0.05, 0.1) is 24.2 Å². The summed E-state index contributed by atoms with van der Waals surface area (Å²) in [4.78, 5) is 56.5. The number of aliphatic imine (C=N–C) groups is 4.